The predicted molar refractivity (Wildman–Crippen MR) is 114 cm³/mol. The van der Waals surface area contributed by atoms with Gasteiger partial charge in [0.05, 0.1) is 29.5 Å². The summed E-state index contributed by atoms with van der Waals surface area (Å²) in [5, 5.41) is 7.89. The van der Waals surface area contributed by atoms with Crippen LogP contribution >= 0.6 is 0 Å². The minimum absolute atomic E-state index is 0.101. The Morgan fingerprint density at radius 1 is 1.16 bits per heavy atom. The summed E-state index contributed by atoms with van der Waals surface area (Å²) in [4.78, 5) is 14.0. The van der Waals surface area contributed by atoms with Crippen LogP contribution in [-0.4, -0.2) is 40.2 Å². The number of hydrogen-bond acceptors (Lipinski definition) is 3. The van der Waals surface area contributed by atoms with Gasteiger partial charge in [0.15, 0.2) is 0 Å². The van der Waals surface area contributed by atoms with Gasteiger partial charge in [0.2, 0.25) is 0 Å². The number of alkyl halides is 2. The Morgan fingerprint density at radius 3 is 2.48 bits per heavy atom. The van der Waals surface area contributed by atoms with E-state index in [1.54, 1.807) is 23.0 Å². The molecule has 0 bridgehead atoms. The highest BCUT2D eigenvalue weighted by atomic mass is 19.3. The number of halogens is 3. The minimum Gasteiger partial charge on any atom is -0.366 e. The topological polar surface area (TPSA) is 50.2 Å². The van der Waals surface area contributed by atoms with Gasteiger partial charge in [0.25, 0.3) is 5.91 Å². The van der Waals surface area contributed by atoms with Gasteiger partial charge in [-0.1, -0.05) is 13.8 Å². The number of fused-ring (bicyclic) bond motifs is 1. The molecule has 1 aliphatic heterocycles. The first kappa shape index (κ1) is 21.2. The zero-order valence-electron chi connectivity index (χ0n) is 17.6. The lowest BCUT2D eigenvalue weighted by molar-refractivity contribution is -0.143. The van der Waals surface area contributed by atoms with Crippen molar-refractivity contribution < 1.29 is 18.0 Å². The van der Waals surface area contributed by atoms with Crippen molar-refractivity contribution in [2.24, 2.45) is 5.92 Å². The molecule has 1 N–H and O–H groups in total. The van der Waals surface area contributed by atoms with Gasteiger partial charge in [-0.2, -0.15) is 13.9 Å². The number of rotatable bonds is 5. The van der Waals surface area contributed by atoms with E-state index in [-0.39, 0.29) is 23.8 Å². The molecule has 2 heterocycles. The molecule has 164 valence electrons. The smallest absolute Gasteiger partial charge is 0.321 e. The number of benzene rings is 2. The molecule has 0 radical (unpaired) electrons. The summed E-state index contributed by atoms with van der Waals surface area (Å²) >= 11 is 0. The summed E-state index contributed by atoms with van der Waals surface area (Å²) in [6.07, 6.45) is 2.34. The maximum absolute atomic E-state index is 13.4. The van der Waals surface area contributed by atoms with Crippen molar-refractivity contribution in [1.29, 1.82) is 0 Å². The second kappa shape index (κ2) is 7.90. The van der Waals surface area contributed by atoms with E-state index in [2.05, 4.69) is 15.3 Å². The SMILES string of the molecule is CC(C)[C@@H]1[C@@H](NC(=O)C(C)(F)F)CCN1c1ccc2c(cnn2-c2ccc(F)cc2)c1. The van der Waals surface area contributed by atoms with Crippen molar-refractivity contribution in [3.8, 4) is 5.69 Å². The summed E-state index contributed by atoms with van der Waals surface area (Å²) in [5.41, 5.74) is 2.59. The summed E-state index contributed by atoms with van der Waals surface area (Å²) < 4.78 is 41.8. The molecular weight excluding hydrogens is 405 g/mol. The maximum atomic E-state index is 13.4. The molecule has 1 amide bonds. The largest absolute Gasteiger partial charge is 0.366 e. The number of nitrogens with zero attached hydrogens (tertiary/aromatic N) is 3. The van der Waals surface area contributed by atoms with Crippen LogP contribution in [0.3, 0.4) is 0 Å². The molecule has 2 atom stereocenters. The van der Waals surface area contributed by atoms with Crippen molar-refractivity contribution in [1.82, 2.24) is 15.1 Å². The Labute approximate surface area is 178 Å². The minimum atomic E-state index is -3.40. The van der Waals surface area contributed by atoms with Gasteiger partial charge < -0.3 is 10.2 Å². The lowest BCUT2D eigenvalue weighted by Crippen LogP contribution is -2.51. The molecule has 1 saturated heterocycles. The van der Waals surface area contributed by atoms with Gasteiger partial charge >= 0.3 is 5.92 Å². The highest BCUT2D eigenvalue weighted by molar-refractivity contribution is 5.85. The maximum Gasteiger partial charge on any atom is 0.321 e. The third-order valence-corrected chi connectivity index (χ3v) is 5.81. The number of aromatic nitrogens is 2. The van der Waals surface area contributed by atoms with Crippen molar-refractivity contribution in [2.45, 2.75) is 45.2 Å². The van der Waals surface area contributed by atoms with Gasteiger partial charge in [-0.05, 0) is 54.8 Å². The van der Waals surface area contributed by atoms with Gasteiger partial charge in [-0.3, -0.25) is 4.79 Å². The Hall–Kier alpha value is -3.03. The molecule has 1 aliphatic rings. The first-order chi connectivity index (χ1) is 14.6. The fourth-order valence-corrected chi connectivity index (χ4v) is 4.38. The van der Waals surface area contributed by atoms with Crippen molar-refractivity contribution in [2.75, 3.05) is 11.4 Å². The zero-order valence-corrected chi connectivity index (χ0v) is 17.6. The Kier molecular flexibility index (Phi) is 5.41. The number of hydrogen-bond donors (Lipinski definition) is 1. The van der Waals surface area contributed by atoms with E-state index >= 15 is 0 Å². The predicted octanol–water partition coefficient (Wildman–Crippen LogP) is 4.54. The molecule has 31 heavy (non-hydrogen) atoms. The van der Waals surface area contributed by atoms with Gasteiger partial charge in [0.1, 0.15) is 5.82 Å². The second-order valence-corrected chi connectivity index (χ2v) is 8.46. The van der Waals surface area contributed by atoms with Crippen LogP contribution in [-0.2, 0) is 4.79 Å². The molecule has 4 rings (SSSR count). The molecule has 8 heteroatoms. The molecule has 1 aromatic heterocycles. The van der Waals surface area contributed by atoms with Gasteiger partial charge in [-0.15, -0.1) is 0 Å². The van der Waals surface area contributed by atoms with E-state index in [4.69, 9.17) is 0 Å². The van der Waals surface area contributed by atoms with Crippen LogP contribution in [0.5, 0.6) is 0 Å². The zero-order chi connectivity index (χ0) is 22.3. The molecule has 3 aromatic rings. The van der Waals surface area contributed by atoms with Crippen LogP contribution in [0.2, 0.25) is 0 Å². The average molecular weight is 430 g/mol. The first-order valence-electron chi connectivity index (χ1n) is 10.3. The van der Waals surface area contributed by atoms with Crippen molar-refractivity contribution in [3.63, 3.8) is 0 Å². The van der Waals surface area contributed by atoms with E-state index < -0.39 is 11.8 Å². The van der Waals surface area contributed by atoms with Crippen LogP contribution in [0.25, 0.3) is 16.6 Å². The van der Waals surface area contributed by atoms with Crippen LogP contribution in [0.15, 0.2) is 48.7 Å². The molecule has 1 fully saturated rings. The third kappa shape index (κ3) is 4.11. The van der Waals surface area contributed by atoms with E-state index in [9.17, 15) is 18.0 Å². The number of carbonyl (C=O) groups is 1. The monoisotopic (exact) mass is 430 g/mol. The molecule has 0 spiro atoms. The van der Waals surface area contributed by atoms with Crippen molar-refractivity contribution in [3.05, 3.63) is 54.5 Å². The van der Waals surface area contributed by atoms with Crippen LogP contribution < -0.4 is 10.2 Å². The molecule has 0 aliphatic carbocycles. The highest BCUT2D eigenvalue weighted by Gasteiger charge is 2.41. The van der Waals surface area contributed by atoms with Crippen molar-refractivity contribution >= 4 is 22.5 Å². The summed E-state index contributed by atoms with van der Waals surface area (Å²) in [7, 11) is 0. The molecule has 2 aromatic carbocycles. The molecule has 0 saturated carbocycles. The van der Waals surface area contributed by atoms with E-state index in [1.807, 2.05) is 32.0 Å². The molecule has 0 unspecified atom stereocenters. The number of nitrogens with one attached hydrogen (secondary N) is 1. The number of amides is 1. The van der Waals surface area contributed by atoms with Gasteiger partial charge in [0, 0.05) is 24.5 Å². The summed E-state index contributed by atoms with van der Waals surface area (Å²) in [5.74, 6) is -4.79. The van der Waals surface area contributed by atoms with Crippen LogP contribution in [0.4, 0.5) is 18.9 Å². The average Bonchev–Trinajstić information content (AvgIpc) is 3.31. The summed E-state index contributed by atoms with van der Waals surface area (Å²) in [6.45, 7) is 5.32. The van der Waals surface area contributed by atoms with E-state index in [0.29, 0.717) is 19.9 Å². The Balaban J connectivity index is 1.62. The molecule has 5 nitrogen and oxygen atoms in total. The Morgan fingerprint density at radius 2 is 1.84 bits per heavy atom. The first-order valence-corrected chi connectivity index (χ1v) is 10.3. The van der Waals surface area contributed by atoms with E-state index in [0.717, 1.165) is 22.3 Å². The normalized spacial score (nSPS) is 19.4. The molecular formula is C23H25F3N4O. The Bertz CT molecular complexity index is 1090. The number of carbonyl (C=O) groups excluding carboxylic acids is 1. The lowest BCUT2D eigenvalue weighted by Gasteiger charge is -2.33. The standard InChI is InChI=1S/C23H25F3N4O/c1-14(2)21-19(28-22(31)23(3,25)26)10-11-29(21)18-8-9-20-15(12-18)13-27-30(20)17-6-4-16(24)5-7-17/h4-9,12-14,19,21H,10-11H2,1-3H3,(H,28,31)/t19-,21+/m0/s1. The lowest BCUT2D eigenvalue weighted by atomic mass is 9.96. The highest BCUT2D eigenvalue weighted by Crippen LogP contribution is 2.33. The van der Waals surface area contributed by atoms with E-state index in [1.165, 1.54) is 12.1 Å². The van der Waals surface area contributed by atoms with Crippen LogP contribution in [0.1, 0.15) is 27.2 Å². The van der Waals surface area contributed by atoms with Gasteiger partial charge in [-0.25, -0.2) is 9.07 Å². The fraction of sp³-hybridized carbons (Fsp3) is 0.391. The summed E-state index contributed by atoms with van der Waals surface area (Å²) in [6, 6.07) is 11.6. The van der Waals surface area contributed by atoms with Crippen LogP contribution in [0, 0.1) is 11.7 Å². The quantitative estimate of drug-likeness (QED) is 0.647. The second-order valence-electron chi connectivity index (χ2n) is 8.46. The third-order valence-electron chi connectivity index (χ3n) is 5.81. The fourth-order valence-electron chi connectivity index (χ4n) is 4.38. The number of anilines is 1.